The Morgan fingerprint density at radius 3 is 2.70 bits per heavy atom. The number of alkyl halides is 3. The molecule has 0 amide bonds. The summed E-state index contributed by atoms with van der Waals surface area (Å²) in [5, 5.41) is 7.36. The number of nitrogens with one attached hydrogen (secondary N) is 1. The van der Waals surface area contributed by atoms with E-state index in [1.165, 1.54) is 15.3 Å². The summed E-state index contributed by atoms with van der Waals surface area (Å²) in [5.74, 6) is 0. The predicted molar refractivity (Wildman–Crippen MR) is 79.2 cm³/mol. The summed E-state index contributed by atoms with van der Waals surface area (Å²) in [5.41, 5.74) is 1.22. The van der Waals surface area contributed by atoms with Gasteiger partial charge < -0.3 is 5.32 Å². The van der Waals surface area contributed by atoms with Gasteiger partial charge in [-0.15, -0.1) is 22.7 Å². The van der Waals surface area contributed by atoms with Crippen molar-refractivity contribution in [3.05, 3.63) is 33.8 Å². The van der Waals surface area contributed by atoms with E-state index in [4.69, 9.17) is 0 Å². The van der Waals surface area contributed by atoms with Gasteiger partial charge in [0, 0.05) is 28.3 Å². The maximum Gasteiger partial charge on any atom is 0.389 e. The second-order valence-electron chi connectivity index (χ2n) is 4.53. The topological polar surface area (TPSA) is 12.0 Å². The quantitative estimate of drug-likeness (QED) is 0.683. The molecule has 0 bridgehead atoms. The first-order valence-electron chi connectivity index (χ1n) is 6.43. The Hall–Kier alpha value is -0.850. The van der Waals surface area contributed by atoms with Crippen molar-refractivity contribution in [1.29, 1.82) is 0 Å². The van der Waals surface area contributed by atoms with Gasteiger partial charge in [0.15, 0.2) is 0 Å². The Balaban J connectivity index is 1.65. The minimum Gasteiger partial charge on any atom is -0.312 e. The summed E-state index contributed by atoms with van der Waals surface area (Å²) in [7, 11) is 0. The van der Waals surface area contributed by atoms with E-state index < -0.39 is 12.6 Å². The first-order valence-corrected chi connectivity index (χ1v) is 8.19. The molecule has 0 fully saturated rings. The standard InChI is InChI=1S/C14H16F3NS2/c15-14(16,17)5-1-2-6-18-9-12-8-11(10-20-12)13-4-3-7-19-13/h3-4,7-8,10,18H,1-2,5-6,9H2. The lowest BCUT2D eigenvalue weighted by atomic mass is 10.2. The van der Waals surface area contributed by atoms with Gasteiger partial charge in [0.25, 0.3) is 0 Å². The highest BCUT2D eigenvalue weighted by molar-refractivity contribution is 7.14. The summed E-state index contributed by atoms with van der Waals surface area (Å²) < 4.78 is 35.8. The SMILES string of the molecule is FC(F)(F)CCCCNCc1cc(-c2cccs2)cs1. The largest absolute Gasteiger partial charge is 0.389 e. The predicted octanol–water partition coefficient (Wildman–Crippen LogP) is 5.30. The van der Waals surface area contributed by atoms with E-state index >= 15 is 0 Å². The fraction of sp³-hybridized carbons (Fsp3) is 0.429. The molecule has 2 rings (SSSR count). The summed E-state index contributed by atoms with van der Waals surface area (Å²) in [6, 6.07) is 6.25. The van der Waals surface area contributed by atoms with Crippen LogP contribution in [0.15, 0.2) is 29.0 Å². The third-order valence-corrected chi connectivity index (χ3v) is 4.68. The molecule has 0 aromatic carbocycles. The Kier molecular flexibility index (Phi) is 5.63. The van der Waals surface area contributed by atoms with Crippen LogP contribution in [0.2, 0.25) is 0 Å². The van der Waals surface area contributed by atoms with E-state index in [9.17, 15) is 13.2 Å². The minimum atomic E-state index is -4.02. The number of rotatable bonds is 7. The van der Waals surface area contributed by atoms with Crippen LogP contribution >= 0.6 is 22.7 Å². The van der Waals surface area contributed by atoms with Crippen LogP contribution in [0.1, 0.15) is 24.1 Å². The summed E-state index contributed by atoms with van der Waals surface area (Å²) in [4.78, 5) is 2.46. The zero-order valence-electron chi connectivity index (χ0n) is 10.9. The van der Waals surface area contributed by atoms with Gasteiger partial charge >= 0.3 is 6.18 Å². The molecule has 0 aliphatic carbocycles. The molecule has 0 atom stereocenters. The van der Waals surface area contributed by atoms with E-state index in [0.717, 1.165) is 6.54 Å². The molecule has 0 aliphatic heterocycles. The van der Waals surface area contributed by atoms with Crippen molar-refractivity contribution >= 4 is 22.7 Å². The van der Waals surface area contributed by atoms with Crippen LogP contribution in [0.4, 0.5) is 13.2 Å². The molecule has 0 saturated carbocycles. The van der Waals surface area contributed by atoms with Gasteiger partial charge in [-0.05, 0) is 42.3 Å². The van der Waals surface area contributed by atoms with E-state index in [1.807, 2.05) is 11.4 Å². The molecule has 0 saturated heterocycles. The zero-order chi connectivity index (χ0) is 14.4. The first kappa shape index (κ1) is 15.5. The lowest BCUT2D eigenvalue weighted by molar-refractivity contribution is -0.135. The first-order chi connectivity index (χ1) is 9.54. The molecule has 6 heteroatoms. The molecule has 1 nitrogen and oxygen atoms in total. The number of halogens is 3. The van der Waals surface area contributed by atoms with E-state index in [-0.39, 0.29) is 6.42 Å². The van der Waals surface area contributed by atoms with Gasteiger partial charge in [-0.2, -0.15) is 13.2 Å². The second-order valence-corrected chi connectivity index (χ2v) is 6.47. The summed E-state index contributed by atoms with van der Waals surface area (Å²) in [6.45, 7) is 1.35. The smallest absolute Gasteiger partial charge is 0.312 e. The van der Waals surface area contributed by atoms with Gasteiger partial charge in [0.2, 0.25) is 0 Å². The van der Waals surface area contributed by atoms with Crippen LogP contribution < -0.4 is 5.32 Å². The normalized spacial score (nSPS) is 11.9. The number of hydrogen-bond acceptors (Lipinski definition) is 3. The molecular formula is C14H16F3NS2. The molecule has 0 radical (unpaired) electrons. The highest BCUT2D eigenvalue weighted by Crippen LogP contribution is 2.29. The fourth-order valence-corrected chi connectivity index (χ4v) is 3.48. The molecule has 2 aromatic rings. The molecule has 2 aromatic heterocycles. The fourth-order valence-electron chi connectivity index (χ4n) is 1.83. The van der Waals surface area contributed by atoms with E-state index in [2.05, 4.69) is 22.8 Å². The van der Waals surface area contributed by atoms with Crippen molar-refractivity contribution in [2.24, 2.45) is 0 Å². The monoisotopic (exact) mass is 319 g/mol. The van der Waals surface area contributed by atoms with Crippen LogP contribution in [-0.2, 0) is 6.54 Å². The average molecular weight is 319 g/mol. The zero-order valence-corrected chi connectivity index (χ0v) is 12.5. The lowest BCUT2D eigenvalue weighted by Gasteiger charge is -2.06. The van der Waals surface area contributed by atoms with Gasteiger partial charge in [0.1, 0.15) is 0 Å². The number of thiophene rings is 2. The van der Waals surface area contributed by atoms with Crippen LogP contribution in [0.25, 0.3) is 10.4 Å². The van der Waals surface area contributed by atoms with Crippen LogP contribution in [0.3, 0.4) is 0 Å². The maximum atomic E-state index is 11.9. The van der Waals surface area contributed by atoms with Crippen LogP contribution in [-0.4, -0.2) is 12.7 Å². The van der Waals surface area contributed by atoms with Crippen molar-refractivity contribution in [1.82, 2.24) is 5.32 Å². The molecule has 20 heavy (non-hydrogen) atoms. The Morgan fingerprint density at radius 1 is 1.15 bits per heavy atom. The Morgan fingerprint density at radius 2 is 2.00 bits per heavy atom. The molecule has 110 valence electrons. The van der Waals surface area contributed by atoms with Gasteiger partial charge in [-0.3, -0.25) is 0 Å². The molecular weight excluding hydrogens is 303 g/mol. The second kappa shape index (κ2) is 7.24. The molecule has 2 heterocycles. The van der Waals surface area contributed by atoms with Gasteiger partial charge in [-0.1, -0.05) is 6.07 Å². The Bertz CT molecular complexity index is 503. The van der Waals surface area contributed by atoms with E-state index in [0.29, 0.717) is 13.0 Å². The third-order valence-electron chi connectivity index (χ3n) is 2.82. The highest BCUT2D eigenvalue weighted by atomic mass is 32.1. The number of hydrogen-bond donors (Lipinski definition) is 1. The van der Waals surface area contributed by atoms with Crippen molar-refractivity contribution in [2.45, 2.75) is 32.0 Å². The van der Waals surface area contributed by atoms with Gasteiger partial charge in [-0.25, -0.2) is 0 Å². The van der Waals surface area contributed by atoms with Crippen molar-refractivity contribution in [3.8, 4) is 10.4 Å². The molecule has 0 aliphatic rings. The van der Waals surface area contributed by atoms with Crippen LogP contribution in [0, 0.1) is 0 Å². The van der Waals surface area contributed by atoms with Gasteiger partial charge in [0.05, 0.1) is 0 Å². The lowest BCUT2D eigenvalue weighted by Crippen LogP contribution is -2.15. The summed E-state index contributed by atoms with van der Waals surface area (Å²) >= 11 is 3.39. The maximum absolute atomic E-state index is 11.9. The van der Waals surface area contributed by atoms with Crippen molar-refractivity contribution in [3.63, 3.8) is 0 Å². The minimum absolute atomic E-state index is 0.196. The highest BCUT2D eigenvalue weighted by Gasteiger charge is 2.25. The number of unbranched alkanes of at least 4 members (excludes halogenated alkanes) is 1. The van der Waals surface area contributed by atoms with Crippen LogP contribution in [0.5, 0.6) is 0 Å². The molecule has 0 unspecified atom stereocenters. The molecule has 0 spiro atoms. The third kappa shape index (κ3) is 5.26. The van der Waals surface area contributed by atoms with Crippen molar-refractivity contribution in [2.75, 3.05) is 6.54 Å². The van der Waals surface area contributed by atoms with Crippen molar-refractivity contribution < 1.29 is 13.2 Å². The average Bonchev–Trinajstić information content (AvgIpc) is 3.02. The summed E-state index contributed by atoms with van der Waals surface area (Å²) in [6.07, 6.45) is -3.95. The van der Waals surface area contributed by atoms with E-state index in [1.54, 1.807) is 22.7 Å². The Labute approximate surface area is 124 Å². The molecule has 1 N–H and O–H groups in total.